The number of methoxy groups -OCH3 is 2. The second kappa shape index (κ2) is 18.6. The first kappa shape index (κ1) is 48.1. The molecule has 2 nitrogen and oxygen atoms in total. The van der Waals surface area contributed by atoms with Gasteiger partial charge in [-0.05, 0) is 66.2 Å². The van der Waals surface area contributed by atoms with Gasteiger partial charge in [-0.3, -0.25) is 0 Å². The Morgan fingerprint density at radius 2 is 0.793 bits per heavy atom. The second-order valence-electron chi connectivity index (χ2n) is 20.2. The van der Waals surface area contributed by atoms with Gasteiger partial charge in [0.2, 0.25) is 0 Å². The molecule has 0 aromatic heterocycles. The van der Waals surface area contributed by atoms with E-state index in [1.165, 1.54) is 77.2 Å². The van der Waals surface area contributed by atoms with Crippen molar-refractivity contribution in [3.63, 3.8) is 0 Å². The average Bonchev–Trinajstić information content (AvgIpc) is 3.69. The summed E-state index contributed by atoms with van der Waals surface area (Å²) < 4.78 is 11.9. The Bertz CT molecular complexity index is 2210. The summed E-state index contributed by atoms with van der Waals surface area (Å²) in [5.74, 6) is 2.00. The summed E-state index contributed by atoms with van der Waals surface area (Å²) in [4.78, 5) is 0. The van der Waals surface area contributed by atoms with Crippen molar-refractivity contribution in [3.8, 4) is 33.8 Å². The van der Waals surface area contributed by atoms with Gasteiger partial charge in [0.15, 0.2) is 0 Å². The van der Waals surface area contributed by atoms with E-state index in [0.717, 1.165) is 11.5 Å². The number of hydrogen-bond acceptors (Lipinski definition) is 2. The quantitative estimate of drug-likeness (QED) is 0.130. The molecule has 0 aliphatic rings. The van der Waals surface area contributed by atoms with E-state index in [-0.39, 0.29) is 27.1 Å². The van der Waals surface area contributed by atoms with Gasteiger partial charge < -0.3 is 9.47 Å². The third kappa shape index (κ3) is 11.4. The number of halogens is 2. The molecule has 0 aliphatic carbocycles. The molecule has 0 radical (unpaired) electrons. The van der Waals surface area contributed by atoms with Crippen LogP contribution in [0.25, 0.3) is 43.8 Å². The van der Waals surface area contributed by atoms with E-state index in [9.17, 15) is 0 Å². The topological polar surface area (TPSA) is 18.5 Å². The maximum atomic E-state index is 5.97. The molecule has 6 rings (SSSR count). The fraction of sp³-hybridized carbons (Fsp3) is 0.423. The molecule has 0 atom stereocenters. The van der Waals surface area contributed by atoms with Crippen molar-refractivity contribution in [2.75, 3.05) is 14.2 Å². The van der Waals surface area contributed by atoms with Gasteiger partial charge >= 0.3 is 53.5 Å². The van der Waals surface area contributed by atoms with Crippen LogP contribution in [0.5, 0.6) is 11.5 Å². The summed E-state index contributed by atoms with van der Waals surface area (Å²) in [7, 11) is 14.8. The van der Waals surface area contributed by atoms with Crippen LogP contribution >= 0.6 is 17.0 Å². The van der Waals surface area contributed by atoms with Crippen LogP contribution in [0.15, 0.2) is 84.9 Å². The van der Waals surface area contributed by atoms with Crippen molar-refractivity contribution < 1.29 is 27.5 Å². The van der Waals surface area contributed by atoms with Gasteiger partial charge in [0.1, 0.15) is 11.5 Å². The molecule has 0 unspecified atom stereocenters. The number of hydrogen-bond donors (Lipinski definition) is 0. The van der Waals surface area contributed by atoms with E-state index in [1.807, 2.05) is 0 Å². The monoisotopic (exact) mass is 912 g/mol. The number of rotatable bonds is 4. The number of fused-ring (bicyclic) bond motifs is 2. The fourth-order valence-corrected chi connectivity index (χ4v) is 7.36. The van der Waals surface area contributed by atoms with Crippen LogP contribution < -0.4 is 9.47 Å². The van der Waals surface area contributed by atoms with Crippen LogP contribution in [0.4, 0.5) is 0 Å². The van der Waals surface area contributed by atoms with E-state index in [4.69, 9.17) is 26.5 Å². The molecule has 0 saturated heterocycles. The van der Waals surface area contributed by atoms with E-state index in [2.05, 4.69) is 195 Å². The van der Waals surface area contributed by atoms with Gasteiger partial charge in [0.25, 0.3) is 0 Å². The van der Waals surface area contributed by atoms with Gasteiger partial charge in [0, 0.05) is 0 Å². The molecule has 0 saturated carbocycles. The fourth-order valence-electron chi connectivity index (χ4n) is 7.36. The third-order valence-electron chi connectivity index (χ3n) is 10.7. The second-order valence-corrected chi connectivity index (χ2v) is 43.1. The van der Waals surface area contributed by atoms with Gasteiger partial charge in [-0.1, -0.05) is 145 Å². The minimum atomic E-state index is -1.65. The van der Waals surface area contributed by atoms with Crippen LogP contribution in [0.2, 0.25) is 13.1 Å². The summed E-state index contributed by atoms with van der Waals surface area (Å²) >= 11 is -1.65. The predicted octanol–water partition coefficient (Wildman–Crippen LogP) is 16.4. The average molecular weight is 915 g/mol. The van der Waals surface area contributed by atoms with Crippen molar-refractivity contribution in [1.82, 2.24) is 0 Å². The first-order chi connectivity index (χ1) is 26.7. The molecule has 0 N–H and O–H groups in total. The van der Waals surface area contributed by atoms with Gasteiger partial charge in [0.05, 0.1) is 14.2 Å². The van der Waals surface area contributed by atoms with Gasteiger partial charge in [-0.25, -0.2) is 0 Å². The molecule has 6 aromatic carbocycles. The minimum absolute atomic E-state index is 0.0187. The summed E-state index contributed by atoms with van der Waals surface area (Å²) in [6, 6.07) is 31.7. The molecule has 6 aromatic rings. The zero-order valence-corrected chi connectivity index (χ0v) is 43.6. The molecular formula is C52H68Cl2O2SiZr-2. The Labute approximate surface area is 366 Å². The number of benzene rings is 4. The Morgan fingerprint density at radius 3 is 1.02 bits per heavy atom. The number of aryl methyl sites for hydroxylation is 2. The summed E-state index contributed by atoms with van der Waals surface area (Å²) in [6.07, 6.45) is 0. The molecule has 58 heavy (non-hydrogen) atoms. The molecule has 0 heterocycles. The Hall–Kier alpha value is -2.62. The summed E-state index contributed by atoms with van der Waals surface area (Å²) in [5.41, 5.74) is 12.8. The van der Waals surface area contributed by atoms with Crippen molar-refractivity contribution in [1.29, 1.82) is 0 Å². The molecule has 312 valence electrons. The molecule has 0 fully saturated rings. The maximum absolute atomic E-state index is 5.97. The van der Waals surface area contributed by atoms with Crippen LogP contribution in [0.1, 0.15) is 116 Å². The van der Waals surface area contributed by atoms with Crippen LogP contribution in [0.3, 0.4) is 0 Å². The standard InChI is InChI=1S/2C25H31O.C2H6Si.2ClH.Zr/c2*1-16-13-18-15-21(25(5,6)7)23(26-8)22(20(18)14-16)17-9-11-19(12-10-17)24(2,3)4;1-3-2;;;/h2*9-15H,1-8H3;1-2H3;2*1H;/q2*-1;;;;+2/p-2. The van der Waals surface area contributed by atoms with Gasteiger partial charge in [-0.15, -0.1) is 56.9 Å². The summed E-state index contributed by atoms with van der Waals surface area (Å²) in [5, 5.41) is 5.14. The number of ether oxygens (including phenoxy) is 2. The SMILES string of the molecule is COc1c(C(C)(C)C)cc2[cH-]c(C)cc2c1-c1ccc(C(C)(C)C)cc1.COc1c(C(C)(C)C)cc2[cH-]c(C)cc2c1-c1ccc(C(C)(C)C)cc1.C[Si](C)=[Zr]([Cl])[Cl]. The van der Waals surface area contributed by atoms with Crippen LogP contribution in [-0.2, 0) is 39.6 Å². The molecule has 0 spiro atoms. The van der Waals surface area contributed by atoms with Crippen LogP contribution in [-0.4, -0.2) is 19.7 Å². The molecule has 0 aliphatic heterocycles. The third-order valence-corrected chi connectivity index (χ3v) is 30.4. The van der Waals surface area contributed by atoms with E-state index >= 15 is 0 Å². The van der Waals surface area contributed by atoms with E-state index in [1.54, 1.807) is 14.2 Å². The van der Waals surface area contributed by atoms with Crippen molar-refractivity contribution in [2.45, 2.75) is 132 Å². The van der Waals surface area contributed by atoms with Crippen molar-refractivity contribution >= 4 is 44.0 Å². The predicted molar refractivity (Wildman–Crippen MR) is 257 cm³/mol. The Balaban J connectivity index is 0.000000225. The van der Waals surface area contributed by atoms with Crippen LogP contribution in [0, 0.1) is 13.8 Å². The normalized spacial score (nSPS) is 12.1. The van der Waals surface area contributed by atoms with E-state index < -0.39 is 18.0 Å². The first-order valence-corrected chi connectivity index (χ1v) is 33.0. The molecular weight excluding hydrogens is 847 g/mol. The first-order valence-electron chi connectivity index (χ1n) is 20.5. The van der Waals surface area contributed by atoms with E-state index in [0.29, 0.717) is 0 Å². The Kier molecular flexibility index (Phi) is 15.4. The molecule has 0 amide bonds. The summed E-state index contributed by atoms with van der Waals surface area (Å²) in [6.45, 7) is 35.7. The van der Waals surface area contributed by atoms with Crippen molar-refractivity contribution in [2.24, 2.45) is 0 Å². The molecule has 6 heteroatoms. The van der Waals surface area contributed by atoms with Gasteiger partial charge in [-0.2, -0.15) is 12.1 Å². The molecule has 0 bridgehead atoms. The zero-order chi connectivity index (χ0) is 43.7. The van der Waals surface area contributed by atoms with Crippen molar-refractivity contribution in [3.05, 3.63) is 118 Å². The zero-order valence-electron chi connectivity index (χ0n) is 38.7. The Morgan fingerprint density at radius 1 is 0.500 bits per heavy atom.